The van der Waals surface area contributed by atoms with Gasteiger partial charge >= 0.3 is 11.9 Å². The number of rotatable bonds is 14. The predicted molar refractivity (Wildman–Crippen MR) is 91.2 cm³/mol. The van der Waals surface area contributed by atoms with Crippen molar-refractivity contribution in [2.75, 3.05) is 6.54 Å². The van der Waals surface area contributed by atoms with Crippen LogP contribution in [-0.2, 0) is 19.3 Å². The number of unbranched alkanes of at least 4 members (excludes halogenated alkanes) is 6. The molecule has 0 aromatic carbocycles. The molecule has 0 unspecified atom stereocenters. The summed E-state index contributed by atoms with van der Waals surface area (Å²) in [5.41, 5.74) is 0. The molecule has 0 saturated heterocycles. The largest absolute Gasteiger partial charge is 0.333 e. The maximum absolute atomic E-state index is 11.3. The van der Waals surface area contributed by atoms with E-state index in [0.29, 0.717) is 6.54 Å². The van der Waals surface area contributed by atoms with Gasteiger partial charge in [0.15, 0.2) is 0 Å². The van der Waals surface area contributed by atoms with Crippen LogP contribution in [0.3, 0.4) is 0 Å². The highest BCUT2D eigenvalue weighted by molar-refractivity contribution is 5.69. The number of nitrogens with zero attached hydrogens (tertiary/aromatic N) is 1. The van der Waals surface area contributed by atoms with E-state index in [-0.39, 0.29) is 24.8 Å². The van der Waals surface area contributed by atoms with Gasteiger partial charge in [0.2, 0.25) is 0 Å². The number of carbonyl (C=O) groups is 2. The molecule has 0 bridgehead atoms. The Morgan fingerprint density at radius 3 is 1.65 bits per heavy atom. The average molecular weight is 329 g/mol. The molecular formula is C18H35NO4. The zero-order chi connectivity index (χ0) is 17.5. The standard InChI is InChI=1S/C18H35NO4/c1-5-17(20)22-19(23-18(21)6-2)15-13-11-9-7-8-10-12-14-16(3)4/h16H,5-15H2,1-4H3. The van der Waals surface area contributed by atoms with Crippen molar-refractivity contribution >= 4 is 11.9 Å². The SMILES string of the molecule is CCC(=O)ON(CCCCCCCCCC(C)C)OC(=O)CC. The topological polar surface area (TPSA) is 55.8 Å². The fraction of sp³-hybridized carbons (Fsp3) is 0.889. The normalized spacial score (nSPS) is 11.0. The molecule has 0 radical (unpaired) electrons. The van der Waals surface area contributed by atoms with Crippen molar-refractivity contribution in [3.8, 4) is 0 Å². The quantitative estimate of drug-likeness (QED) is 0.338. The summed E-state index contributed by atoms with van der Waals surface area (Å²) in [7, 11) is 0. The van der Waals surface area contributed by atoms with Crippen molar-refractivity contribution in [1.29, 1.82) is 0 Å². The van der Waals surface area contributed by atoms with Crippen LogP contribution >= 0.6 is 0 Å². The predicted octanol–water partition coefficient (Wildman–Crippen LogP) is 4.80. The number of carbonyl (C=O) groups excluding carboxylic acids is 2. The molecule has 0 aromatic heterocycles. The highest BCUT2D eigenvalue weighted by atomic mass is 17.0. The smallest absolute Gasteiger partial charge is 0.328 e. The van der Waals surface area contributed by atoms with E-state index in [1.807, 2.05) is 0 Å². The maximum Gasteiger partial charge on any atom is 0.328 e. The molecular weight excluding hydrogens is 294 g/mol. The fourth-order valence-corrected chi connectivity index (χ4v) is 2.14. The summed E-state index contributed by atoms with van der Waals surface area (Å²) in [6, 6.07) is 0. The molecule has 0 N–H and O–H groups in total. The van der Waals surface area contributed by atoms with Crippen LogP contribution in [0, 0.1) is 5.92 Å². The molecule has 0 aliphatic carbocycles. The second-order valence-electron chi connectivity index (χ2n) is 6.35. The molecule has 23 heavy (non-hydrogen) atoms. The minimum absolute atomic E-state index is 0.260. The van der Waals surface area contributed by atoms with Gasteiger partial charge in [0.1, 0.15) is 0 Å². The van der Waals surface area contributed by atoms with Crippen LogP contribution in [0.2, 0.25) is 0 Å². The van der Waals surface area contributed by atoms with E-state index >= 15 is 0 Å². The van der Waals surface area contributed by atoms with Crippen molar-refractivity contribution in [3.05, 3.63) is 0 Å². The van der Waals surface area contributed by atoms with Gasteiger partial charge in [-0.1, -0.05) is 72.6 Å². The summed E-state index contributed by atoms with van der Waals surface area (Å²) >= 11 is 0. The molecule has 0 fully saturated rings. The highest BCUT2D eigenvalue weighted by Gasteiger charge is 2.14. The molecule has 0 spiro atoms. The summed E-state index contributed by atoms with van der Waals surface area (Å²) < 4.78 is 0. The monoisotopic (exact) mass is 329 g/mol. The molecule has 0 amide bonds. The molecule has 5 heteroatoms. The lowest BCUT2D eigenvalue weighted by Crippen LogP contribution is -2.31. The van der Waals surface area contributed by atoms with Gasteiger partial charge in [0.25, 0.3) is 0 Å². The Morgan fingerprint density at radius 1 is 0.783 bits per heavy atom. The summed E-state index contributed by atoms with van der Waals surface area (Å²) in [6.07, 6.45) is 10.1. The van der Waals surface area contributed by atoms with Crippen LogP contribution < -0.4 is 0 Å². The van der Waals surface area contributed by atoms with Gasteiger partial charge in [0, 0.05) is 18.1 Å². The first-order chi connectivity index (χ1) is 11.0. The van der Waals surface area contributed by atoms with Crippen molar-refractivity contribution in [3.63, 3.8) is 0 Å². The second-order valence-corrected chi connectivity index (χ2v) is 6.35. The van der Waals surface area contributed by atoms with Gasteiger partial charge < -0.3 is 9.68 Å². The van der Waals surface area contributed by atoms with E-state index in [1.54, 1.807) is 13.8 Å². The Balaban J connectivity index is 3.73. The zero-order valence-corrected chi connectivity index (χ0v) is 15.4. The Labute approximate surface area is 141 Å². The van der Waals surface area contributed by atoms with Crippen LogP contribution in [0.15, 0.2) is 0 Å². The Bertz CT molecular complexity index is 300. The van der Waals surface area contributed by atoms with Crippen molar-refractivity contribution < 1.29 is 19.3 Å². The first-order valence-electron chi connectivity index (χ1n) is 9.18. The summed E-state index contributed by atoms with van der Waals surface area (Å²) in [5.74, 6) is 0.0238. The van der Waals surface area contributed by atoms with Gasteiger partial charge in [-0.15, -0.1) is 0 Å². The Kier molecular flexibility index (Phi) is 13.8. The molecule has 0 aromatic rings. The lowest BCUT2D eigenvalue weighted by Gasteiger charge is -2.18. The molecule has 0 saturated carbocycles. The number of hydrogen-bond acceptors (Lipinski definition) is 5. The Morgan fingerprint density at radius 2 is 1.22 bits per heavy atom. The minimum atomic E-state index is -0.390. The highest BCUT2D eigenvalue weighted by Crippen LogP contribution is 2.12. The van der Waals surface area contributed by atoms with Crippen LogP contribution in [0.5, 0.6) is 0 Å². The number of hydrogen-bond donors (Lipinski definition) is 0. The summed E-state index contributed by atoms with van der Waals surface area (Å²) in [6.45, 7) is 8.39. The number of hydroxylamine groups is 2. The maximum atomic E-state index is 11.3. The average Bonchev–Trinajstić information content (AvgIpc) is 2.52. The molecule has 0 rings (SSSR count). The molecule has 0 aliphatic rings. The molecule has 136 valence electrons. The third-order valence-corrected chi connectivity index (χ3v) is 3.61. The molecule has 0 aliphatic heterocycles. The lowest BCUT2D eigenvalue weighted by molar-refractivity contribution is -0.325. The third kappa shape index (κ3) is 14.2. The van der Waals surface area contributed by atoms with E-state index < -0.39 is 0 Å². The van der Waals surface area contributed by atoms with Gasteiger partial charge in [-0.25, -0.2) is 0 Å². The Hall–Kier alpha value is -1.10. The molecule has 0 atom stereocenters. The van der Waals surface area contributed by atoms with E-state index in [0.717, 1.165) is 24.0 Å². The van der Waals surface area contributed by atoms with Gasteiger partial charge in [-0.2, -0.15) is 0 Å². The fourth-order valence-electron chi connectivity index (χ4n) is 2.14. The summed E-state index contributed by atoms with van der Waals surface area (Å²) in [5, 5.41) is 1.04. The van der Waals surface area contributed by atoms with Crippen molar-refractivity contribution in [1.82, 2.24) is 5.23 Å². The third-order valence-electron chi connectivity index (χ3n) is 3.61. The van der Waals surface area contributed by atoms with Crippen LogP contribution in [0.1, 0.15) is 91.9 Å². The van der Waals surface area contributed by atoms with Gasteiger partial charge in [-0.05, 0) is 12.3 Å². The first-order valence-corrected chi connectivity index (χ1v) is 9.18. The van der Waals surface area contributed by atoms with Crippen LogP contribution in [0.25, 0.3) is 0 Å². The van der Waals surface area contributed by atoms with Crippen molar-refractivity contribution in [2.24, 2.45) is 5.92 Å². The van der Waals surface area contributed by atoms with Crippen LogP contribution in [0.4, 0.5) is 0 Å². The van der Waals surface area contributed by atoms with E-state index in [4.69, 9.17) is 9.68 Å². The molecule has 0 heterocycles. The van der Waals surface area contributed by atoms with Crippen LogP contribution in [-0.4, -0.2) is 23.7 Å². The van der Waals surface area contributed by atoms with E-state index in [2.05, 4.69) is 13.8 Å². The minimum Gasteiger partial charge on any atom is -0.333 e. The van der Waals surface area contributed by atoms with Crippen molar-refractivity contribution in [2.45, 2.75) is 91.9 Å². The summed E-state index contributed by atoms with van der Waals surface area (Å²) in [4.78, 5) is 32.7. The zero-order valence-electron chi connectivity index (χ0n) is 15.4. The van der Waals surface area contributed by atoms with Gasteiger partial charge in [0.05, 0.1) is 6.54 Å². The van der Waals surface area contributed by atoms with Gasteiger partial charge in [-0.3, -0.25) is 9.59 Å². The molecule has 5 nitrogen and oxygen atoms in total. The lowest BCUT2D eigenvalue weighted by atomic mass is 10.0. The van der Waals surface area contributed by atoms with E-state index in [1.165, 1.54) is 38.5 Å². The van der Waals surface area contributed by atoms with E-state index in [9.17, 15) is 9.59 Å². The first kappa shape index (κ1) is 21.9. The second kappa shape index (κ2) is 14.5.